The van der Waals surface area contributed by atoms with Crippen LogP contribution in [0.3, 0.4) is 0 Å². The minimum Gasteiger partial charge on any atom is -0.497 e. The van der Waals surface area contributed by atoms with E-state index in [1.165, 1.54) is 0 Å². The molecule has 0 radical (unpaired) electrons. The molecule has 3 nitrogen and oxygen atoms in total. The third-order valence-corrected chi connectivity index (χ3v) is 2.08. The van der Waals surface area contributed by atoms with Crippen LogP contribution >= 0.6 is 0 Å². The van der Waals surface area contributed by atoms with Crippen LogP contribution in [0, 0.1) is 17.8 Å². The first kappa shape index (κ1) is 13.4. The Morgan fingerprint density at radius 1 is 1.35 bits per heavy atom. The van der Waals surface area contributed by atoms with Crippen LogP contribution in [0.1, 0.15) is 19.4 Å². The summed E-state index contributed by atoms with van der Waals surface area (Å²) in [4.78, 5) is 0. The van der Waals surface area contributed by atoms with Crippen molar-refractivity contribution >= 4 is 0 Å². The lowest BCUT2D eigenvalue weighted by Crippen LogP contribution is -2.05. The standard InChI is InChI=1S/C14H19NO2/c1-11(2)10-17-14-7-6-13(16-3)9-12(14)5-4-8-15/h6-7,9,11H,8,10,15H2,1-3H3. The molecule has 0 aliphatic heterocycles. The highest BCUT2D eigenvalue weighted by Crippen LogP contribution is 2.23. The van der Waals surface area contributed by atoms with E-state index in [0.717, 1.165) is 17.1 Å². The van der Waals surface area contributed by atoms with Crippen molar-refractivity contribution in [2.45, 2.75) is 13.8 Å². The van der Waals surface area contributed by atoms with E-state index in [-0.39, 0.29) is 0 Å². The lowest BCUT2D eigenvalue weighted by atomic mass is 10.2. The van der Waals surface area contributed by atoms with E-state index in [0.29, 0.717) is 19.1 Å². The topological polar surface area (TPSA) is 44.5 Å². The Bertz CT molecular complexity index is 416. The summed E-state index contributed by atoms with van der Waals surface area (Å²) in [6.45, 7) is 5.22. The Hall–Kier alpha value is -1.66. The molecule has 0 atom stereocenters. The van der Waals surface area contributed by atoms with Gasteiger partial charge in [-0.05, 0) is 24.1 Å². The first-order valence-corrected chi connectivity index (χ1v) is 5.67. The normalized spacial score (nSPS) is 9.71. The van der Waals surface area contributed by atoms with E-state index in [1.807, 2.05) is 18.2 Å². The second-order valence-corrected chi connectivity index (χ2v) is 4.07. The van der Waals surface area contributed by atoms with Gasteiger partial charge >= 0.3 is 0 Å². The largest absolute Gasteiger partial charge is 0.497 e. The molecule has 0 aromatic heterocycles. The number of nitrogens with two attached hydrogens (primary N) is 1. The number of ether oxygens (including phenoxy) is 2. The lowest BCUT2D eigenvalue weighted by molar-refractivity contribution is 0.270. The molecule has 0 unspecified atom stereocenters. The first-order chi connectivity index (χ1) is 8.17. The fraction of sp³-hybridized carbons (Fsp3) is 0.429. The molecule has 92 valence electrons. The van der Waals surface area contributed by atoms with Crippen molar-refractivity contribution in [2.24, 2.45) is 11.7 Å². The second kappa shape index (κ2) is 6.82. The van der Waals surface area contributed by atoms with Gasteiger partial charge in [-0.25, -0.2) is 0 Å². The van der Waals surface area contributed by atoms with E-state index in [4.69, 9.17) is 15.2 Å². The Kier molecular flexibility index (Phi) is 5.38. The van der Waals surface area contributed by atoms with Crippen LogP contribution in [0.5, 0.6) is 11.5 Å². The highest BCUT2D eigenvalue weighted by molar-refractivity contribution is 5.50. The maximum atomic E-state index is 5.70. The fourth-order valence-corrected chi connectivity index (χ4v) is 1.26. The highest BCUT2D eigenvalue weighted by atomic mass is 16.5. The van der Waals surface area contributed by atoms with Crippen molar-refractivity contribution in [3.05, 3.63) is 23.8 Å². The predicted molar refractivity (Wildman–Crippen MR) is 69.3 cm³/mol. The number of hydrogen-bond acceptors (Lipinski definition) is 3. The van der Waals surface area contributed by atoms with Crippen LogP contribution in [-0.2, 0) is 0 Å². The van der Waals surface area contributed by atoms with Gasteiger partial charge in [-0.2, -0.15) is 0 Å². The van der Waals surface area contributed by atoms with Gasteiger partial charge in [-0.15, -0.1) is 0 Å². The van der Waals surface area contributed by atoms with Crippen molar-refractivity contribution in [2.75, 3.05) is 20.3 Å². The molecule has 1 aromatic rings. The lowest BCUT2D eigenvalue weighted by Gasteiger charge is -2.11. The summed E-state index contributed by atoms with van der Waals surface area (Å²) in [5, 5.41) is 0. The zero-order chi connectivity index (χ0) is 12.7. The summed E-state index contributed by atoms with van der Waals surface area (Å²) in [6, 6.07) is 5.60. The number of methoxy groups -OCH3 is 1. The minimum absolute atomic E-state index is 0.334. The van der Waals surface area contributed by atoms with Gasteiger partial charge in [-0.1, -0.05) is 25.7 Å². The van der Waals surface area contributed by atoms with Gasteiger partial charge in [0.2, 0.25) is 0 Å². The molecular weight excluding hydrogens is 214 g/mol. The highest BCUT2D eigenvalue weighted by Gasteiger charge is 2.04. The smallest absolute Gasteiger partial charge is 0.135 e. The maximum absolute atomic E-state index is 5.70. The second-order valence-electron chi connectivity index (χ2n) is 4.07. The SMILES string of the molecule is COc1ccc(OCC(C)C)c(C#CCN)c1. The summed E-state index contributed by atoms with van der Waals surface area (Å²) in [5.74, 6) is 7.84. The minimum atomic E-state index is 0.334. The van der Waals surface area contributed by atoms with Crippen molar-refractivity contribution < 1.29 is 9.47 Å². The average Bonchev–Trinajstić information content (AvgIpc) is 2.34. The van der Waals surface area contributed by atoms with Crippen LogP contribution < -0.4 is 15.2 Å². The molecule has 17 heavy (non-hydrogen) atoms. The van der Waals surface area contributed by atoms with Gasteiger partial charge in [0.05, 0.1) is 25.8 Å². The summed E-state index contributed by atoms with van der Waals surface area (Å²) in [7, 11) is 1.63. The third-order valence-electron chi connectivity index (χ3n) is 2.08. The number of hydrogen-bond donors (Lipinski definition) is 1. The van der Waals surface area contributed by atoms with E-state index in [1.54, 1.807) is 7.11 Å². The summed E-state index contributed by atoms with van der Waals surface area (Å²) >= 11 is 0. The molecule has 1 rings (SSSR count). The molecule has 3 heteroatoms. The zero-order valence-corrected chi connectivity index (χ0v) is 10.6. The van der Waals surface area contributed by atoms with Crippen LogP contribution in [-0.4, -0.2) is 20.3 Å². The molecule has 0 aliphatic rings. The molecule has 0 aliphatic carbocycles. The van der Waals surface area contributed by atoms with E-state index >= 15 is 0 Å². The van der Waals surface area contributed by atoms with Gasteiger partial charge in [0.15, 0.2) is 0 Å². The summed E-state index contributed by atoms with van der Waals surface area (Å²) in [5.41, 5.74) is 6.19. The van der Waals surface area contributed by atoms with Crippen LogP contribution in [0.2, 0.25) is 0 Å². The van der Waals surface area contributed by atoms with Gasteiger partial charge in [0, 0.05) is 0 Å². The molecule has 0 saturated carbocycles. The van der Waals surface area contributed by atoms with E-state index in [2.05, 4.69) is 25.7 Å². The monoisotopic (exact) mass is 233 g/mol. The first-order valence-electron chi connectivity index (χ1n) is 5.67. The molecule has 0 amide bonds. The third kappa shape index (κ3) is 4.38. The molecule has 0 bridgehead atoms. The van der Waals surface area contributed by atoms with Crippen molar-refractivity contribution in [3.63, 3.8) is 0 Å². The molecule has 0 spiro atoms. The summed E-state index contributed by atoms with van der Waals surface area (Å²) in [6.07, 6.45) is 0. The van der Waals surface area contributed by atoms with Crippen LogP contribution in [0.15, 0.2) is 18.2 Å². The number of rotatable bonds is 4. The molecule has 0 heterocycles. The van der Waals surface area contributed by atoms with Crippen LogP contribution in [0.4, 0.5) is 0 Å². The van der Waals surface area contributed by atoms with E-state index < -0.39 is 0 Å². The Labute approximate surface area is 103 Å². The van der Waals surface area contributed by atoms with Gasteiger partial charge < -0.3 is 15.2 Å². The summed E-state index contributed by atoms with van der Waals surface area (Å²) < 4.78 is 10.9. The van der Waals surface area contributed by atoms with Crippen molar-refractivity contribution in [1.82, 2.24) is 0 Å². The zero-order valence-electron chi connectivity index (χ0n) is 10.6. The number of benzene rings is 1. The quantitative estimate of drug-likeness (QED) is 0.809. The van der Waals surface area contributed by atoms with Gasteiger partial charge in [-0.3, -0.25) is 0 Å². The maximum Gasteiger partial charge on any atom is 0.135 e. The molecular formula is C14H19NO2. The van der Waals surface area contributed by atoms with Gasteiger partial charge in [0.1, 0.15) is 11.5 Å². The van der Waals surface area contributed by atoms with Crippen molar-refractivity contribution in [3.8, 4) is 23.3 Å². The molecule has 0 fully saturated rings. The Morgan fingerprint density at radius 2 is 2.12 bits per heavy atom. The molecule has 2 N–H and O–H groups in total. The van der Waals surface area contributed by atoms with Gasteiger partial charge in [0.25, 0.3) is 0 Å². The predicted octanol–water partition coefficient (Wildman–Crippen LogP) is 2.04. The fourth-order valence-electron chi connectivity index (χ4n) is 1.26. The molecule has 0 saturated heterocycles. The Morgan fingerprint density at radius 3 is 2.71 bits per heavy atom. The Balaban J connectivity index is 2.93. The molecule has 1 aromatic carbocycles. The van der Waals surface area contributed by atoms with Crippen molar-refractivity contribution in [1.29, 1.82) is 0 Å². The average molecular weight is 233 g/mol. The van der Waals surface area contributed by atoms with E-state index in [9.17, 15) is 0 Å². The van der Waals surface area contributed by atoms with Crippen LogP contribution in [0.25, 0.3) is 0 Å².